The molecule has 0 amide bonds. The van der Waals surface area contributed by atoms with E-state index in [0.717, 1.165) is 12.2 Å². The van der Waals surface area contributed by atoms with Crippen LogP contribution < -0.4 is 0 Å². The molecule has 1 aromatic heterocycles. The second-order valence-corrected chi connectivity index (χ2v) is 5.63. The van der Waals surface area contributed by atoms with E-state index in [1.807, 2.05) is 17.7 Å². The SMILES string of the molecule is CCCCCCCCCCCc1nccn1C(C)C#N. The van der Waals surface area contributed by atoms with E-state index < -0.39 is 0 Å². The molecule has 3 heteroatoms. The van der Waals surface area contributed by atoms with Gasteiger partial charge in [-0.05, 0) is 13.3 Å². The third-order valence-corrected chi connectivity index (χ3v) is 3.86. The van der Waals surface area contributed by atoms with E-state index in [9.17, 15) is 0 Å². The summed E-state index contributed by atoms with van der Waals surface area (Å²) in [6.45, 7) is 4.18. The van der Waals surface area contributed by atoms with Crippen molar-refractivity contribution in [1.82, 2.24) is 9.55 Å². The van der Waals surface area contributed by atoms with Crippen molar-refractivity contribution in [2.45, 2.75) is 84.1 Å². The van der Waals surface area contributed by atoms with Gasteiger partial charge in [-0.3, -0.25) is 0 Å². The Bertz CT molecular complexity index is 389. The van der Waals surface area contributed by atoms with E-state index in [0.29, 0.717) is 0 Å². The van der Waals surface area contributed by atoms with Crippen LogP contribution in [-0.2, 0) is 6.42 Å². The normalized spacial score (nSPS) is 12.2. The minimum absolute atomic E-state index is 0.105. The number of nitriles is 1. The predicted molar refractivity (Wildman–Crippen MR) is 83.5 cm³/mol. The van der Waals surface area contributed by atoms with Gasteiger partial charge >= 0.3 is 0 Å². The molecule has 0 saturated heterocycles. The summed E-state index contributed by atoms with van der Waals surface area (Å²) in [5, 5.41) is 8.96. The summed E-state index contributed by atoms with van der Waals surface area (Å²) in [6.07, 6.45) is 16.8. The third kappa shape index (κ3) is 6.23. The summed E-state index contributed by atoms with van der Waals surface area (Å²) in [5.74, 6) is 1.06. The first-order chi connectivity index (χ1) is 9.79. The molecule has 20 heavy (non-hydrogen) atoms. The van der Waals surface area contributed by atoms with Crippen LogP contribution in [0, 0.1) is 11.3 Å². The van der Waals surface area contributed by atoms with Gasteiger partial charge < -0.3 is 4.57 Å². The molecular formula is C17H29N3. The van der Waals surface area contributed by atoms with Crippen LogP contribution in [0.4, 0.5) is 0 Å². The zero-order valence-electron chi connectivity index (χ0n) is 13.1. The summed E-state index contributed by atoms with van der Waals surface area (Å²) in [5.41, 5.74) is 0. The van der Waals surface area contributed by atoms with Gasteiger partial charge in [-0.25, -0.2) is 4.98 Å². The van der Waals surface area contributed by atoms with Crippen LogP contribution in [0.1, 0.15) is 83.5 Å². The first-order valence-electron chi connectivity index (χ1n) is 8.21. The molecule has 0 aliphatic carbocycles. The number of hydrogen-bond donors (Lipinski definition) is 0. The third-order valence-electron chi connectivity index (χ3n) is 3.86. The molecule has 0 N–H and O–H groups in total. The summed E-state index contributed by atoms with van der Waals surface area (Å²) in [6, 6.07) is 2.16. The molecule has 0 bridgehead atoms. The van der Waals surface area contributed by atoms with E-state index in [2.05, 4.69) is 18.0 Å². The molecule has 1 unspecified atom stereocenters. The molecule has 1 atom stereocenters. The zero-order valence-corrected chi connectivity index (χ0v) is 13.1. The number of hydrogen-bond acceptors (Lipinski definition) is 2. The molecule has 0 aliphatic heterocycles. The Morgan fingerprint density at radius 2 is 1.70 bits per heavy atom. The minimum Gasteiger partial charge on any atom is -0.319 e. The molecule has 0 saturated carbocycles. The number of rotatable bonds is 11. The van der Waals surface area contributed by atoms with E-state index >= 15 is 0 Å². The maximum atomic E-state index is 8.96. The van der Waals surface area contributed by atoms with Crippen molar-refractivity contribution in [3.63, 3.8) is 0 Å². The Balaban J connectivity index is 2.07. The van der Waals surface area contributed by atoms with Gasteiger partial charge in [0.05, 0.1) is 6.07 Å². The van der Waals surface area contributed by atoms with E-state index in [-0.39, 0.29) is 6.04 Å². The number of aromatic nitrogens is 2. The van der Waals surface area contributed by atoms with Crippen LogP contribution >= 0.6 is 0 Å². The number of nitrogens with zero attached hydrogens (tertiary/aromatic N) is 3. The Morgan fingerprint density at radius 3 is 2.30 bits per heavy atom. The average Bonchev–Trinajstić information content (AvgIpc) is 2.93. The number of aryl methyl sites for hydroxylation is 1. The van der Waals surface area contributed by atoms with E-state index in [1.165, 1.54) is 57.8 Å². The van der Waals surface area contributed by atoms with Gasteiger partial charge in [0.1, 0.15) is 11.9 Å². The van der Waals surface area contributed by atoms with E-state index in [1.54, 1.807) is 6.20 Å². The Kier molecular flexibility index (Phi) is 8.78. The number of unbranched alkanes of at least 4 members (excludes halogenated alkanes) is 8. The maximum Gasteiger partial charge on any atom is 0.119 e. The van der Waals surface area contributed by atoms with Crippen molar-refractivity contribution in [3.8, 4) is 6.07 Å². The molecule has 1 aromatic rings. The van der Waals surface area contributed by atoms with Crippen molar-refractivity contribution in [3.05, 3.63) is 18.2 Å². The summed E-state index contributed by atoms with van der Waals surface area (Å²) < 4.78 is 1.99. The van der Waals surface area contributed by atoms with Gasteiger partial charge in [0.25, 0.3) is 0 Å². The first kappa shape index (κ1) is 16.8. The first-order valence-corrected chi connectivity index (χ1v) is 8.21. The van der Waals surface area contributed by atoms with Crippen molar-refractivity contribution >= 4 is 0 Å². The highest BCUT2D eigenvalue weighted by Gasteiger charge is 2.08. The van der Waals surface area contributed by atoms with Gasteiger partial charge in [0.2, 0.25) is 0 Å². The van der Waals surface area contributed by atoms with Gasteiger partial charge in [-0.15, -0.1) is 0 Å². The minimum atomic E-state index is -0.105. The highest BCUT2D eigenvalue weighted by atomic mass is 15.1. The molecular weight excluding hydrogens is 246 g/mol. The molecule has 1 rings (SSSR count). The fraction of sp³-hybridized carbons (Fsp3) is 0.765. The quantitative estimate of drug-likeness (QED) is 0.531. The van der Waals surface area contributed by atoms with Gasteiger partial charge in [-0.1, -0.05) is 58.3 Å². The largest absolute Gasteiger partial charge is 0.319 e. The molecule has 0 spiro atoms. The zero-order chi connectivity index (χ0) is 14.6. The summed E-state index contributed by atoms with van der Waals surface area (Å²) in [4.78, 5) is 4.36. The van der Waals surface area contributed by atoms with Crippen molar-refractivity contribution in [2.24, 2.45) is 0 Å². The molecule has 0 aliphatic rings. The molecule has 112 valence electrons. The Morgan fingerprint density at radius 1 is 1.10 bits per heavy atom. The van der Waals surface area contributed by atoms with Crippen LogP contribution in [0.15, 0.2) is 12.4 Å². The highest BCUT2D eigenvalue weighted by molar-refractivity contribution is 5.00. The Labute approximate surface area is 124 Å². The topological polar surface area (TPSA) is 41.6 Å². The molecule has 0 aromatic carbocycles. The lowest BCUT2D eigenvalue weighted by Gasteiger charge is -2.09. The second kappa shape index (κ2) is 10.5. The van der Waals surface area contributed by atoms with Crippen LogP contribution in [0.2, 0.25) is 0 Å². The van der Waals surface area contributed by atoms with E-state index in [4.69, 9.17) is 5.26 Å². The van der Waals surface area contributed by atoms with Gasteiger partial charge in [0, 0.05) is 18.8 Å². The molecule has 0 fully saturated rings. The lowest BCUT2D eigenvalue weighted by Crippen LogP contribution is -2.06. The fourth-order valence-corrected chi connectivity index (χ4v) is 2.55. The van der Waals surface area contributed by atoms with Crippen LogP contribution in [0.3, 0.4) is 0 Å². The molecule has 3 nitrogen and oxygen atoms in total. The van der Waals surface area contributed by atoms with Crippen LogP contribution in [0.25, 0.3) is 0 Å². The van der Waals surface area contributed by atoms with Crippen LogP contribution in [-0.4, -0.2) is 9.55 Å². The van der Waals surface area contributed by atoms with Crippen LogP contribution in [0.5, 0.6) is 0 Å². The fourth-order valence-electron chi connectivity index (χ4n) is 2.55. The second-order valence-electron chi connectivity index (χ2n) is 5.63. The predicted octanol–water partition coefficient (Wildman–Crippen LogP) is 5.04. The smallest absolute Gasteiger partial charge is 0.119 e. The maximum absolute atomic E-state index is 8.96. The van der Waals surface area contributed by atoms with Crippen molar-refractivity contribution < 1.29 is 0 Å². The van der Waals surface area contributed by atoms with Gasteiger partial charge in [-0.2, -0.15) is 5.26 Å². The van der Waals surface area contributed by atoms with Crippen molar-refractivity contribution in [1.29, 1.82) is 5.26 Å². The molecule has 1 heterocycles. The van der Waals surface area contributed by atoms with Gasteiger partial charge in [0.15, 0.2) is 0 Å². The lowest BCUT2D eigenvalue weighted by atomic mass is 10.1. The monoisotopic (exact) mass is 275 g/mol. The lowest BCUT2D eigenvalue weighted by molar-refractivity contribution is 0.552. The number of imidazole rings is 1. The van der Waals surface area contributed by atoms with Crippen molar-refractivity contribution in [2.75, 3.05) is 0 Å². The summed E-state index contributed by atoms with van der Waals surface area (Å²) in [7, 11) is 0. The Hall–Kier alpha value is -1.30. The highest BCUT2D eigenvalue weighted by Crippen LogP contribution is 2.13. The average molecular weight is 275 g/mol. The summed E-state index contributed by atoms with van der Waals surface area (Å²) >= 11 is 0. The standard InChI is InChI=1S/C17H29N3/c1-3-4-5-6-7-8-9-10-11-12-17-19-13-14-20(17)16(2)15-18/h13-14,16H,3-12H2,1-2H3. The molecule has 0 radical (unpaired) electrons.